The zero-order valence-electron chi connectivity index (χ0n) is 18.3. The molecule has 0 aliphatic rings. The Kier molecular flexibility index (Phi) is 8.46. The number of hydrogen-bond donors (Lipinski definition) is 2. The summed E-state index contributed by atoms with van der Waals surface area (Å²) in [5.41, 5.74) is 3.55. The van der Waals surface area contributed by atoms with Crippen LogP contribution in [0.5, 0.6) is 0 Å². The molecule has 2 N–H and O–H groups in total. The van der Waals surface area contributed by atoms with Crippen molar-refractivity contribution in [3.05, 3.63) is 70.1 Å². The van der Waals surface area contributed by atoms with Gasteiger partial charge in [0.1, 0.15) is 5.82 Å². The second-order valence-electron chi connectivity index (χ2n) is 8.54. The maximum atomic E-state index is 13.1. The number of carboxylic acids is 1. The molecule has 1 heterocycles. The van der Waals surface area contributed by atoms with Crippen LogP contribution in [0.3, 0.4) is 0 Å². The van der Waals surface area contributed by atoms with E-state index < -0.39 is 5.97 Å². The van der Waals surface area contributed by atoms with Crippen LogP contribution in [-0.4, -0.2) is 21.8 Å². The van der Waals surface area contributed by atoms with Gasteiger partial charge < -0.3 is 10.1 Å². The summed E-state index contributed by atoms with van der Waals surface area (Å²) >= 11 is 6.18. The lowest BCUT2D eigenvalue weighted by molar-refractivity contribution is -0.137. The van der Waals surface area contributed by atoms with Crippen LogP contribution in [0.2, 0.25) is 5.02 Å². The second-order valence-corrected chi connectivity index (χ2v) is 8.98. The van der Waals surface area contributed by atoms with Crippen LogP contribution in [0.4, 0.5) is 4.39 Å². The van der Waals surface area contributed by atoms with Crippen LogP contribution in [-0.2, 0) is 17.6 Å². The van der Waals surface area contributed by atoms with Crippen molar-refractivity contribution in [2.24, 2.45) is 5.92 Å². The fraction of sp³-hybridized carbons (Fsp3) is 0.385. The lowest BCUT2D eigenvalue weighted by Crippen LogP contribution is -2.11. The second kappa shape index (κ2) is 11.3. The van der Waals surface area contributed by atoms with Crippen LogP contribution in [0, 0.1) is 11.7 Å². The van der Waals surface area contributed by atoms with Crippen LogP contribution in [0.15, 0.2) is 42.5 Å². The van der Waals surface area contributed by atoms with Crippen molar-refractivity contribution in [2.75, 3.05) is 0 Å². The number of halogens is 2. The molecule has 0 fully saturated rings. The Hall–Kier alpha value is -2.66. The summed E-state index contributed by atoms with van der Waals surface area (Å²) < 4.78 is 13.0. The molecule has 0 aliphatic heterocycles. The highest BCUT2D eigenvalue weighted by Gasteiger charge is 2.21. The number of Topliss-reactive ketones (excluding diaryl/α,β-unsaturated/α-hetero) is 1. The van der Waals surface area contributed by atoms with E-state index in [1.54, 1.807) is 19.1 Å². The highest BCUT2D eigenvalue weighted by Crippen LogP contribution is 2.29. The number of H-pyrrole nitrogens is 1. The molecular formula is C26H29ClFNO3. The number of aromatic amines is 1. The van der Waals surface area contributed by atoms with Gasteiger partial charge in [0.2, 0.25) is 0 Å². The number of aliphatic carboxylic acids is 1. The molecule has 32 heavy (non-hydrogen) atoms. The Balaban J connectivity index is 1.61. The third-order valence-corrected chi connectivity index (χ3v) is 5.96. The van der Waals surface area contributed by atoms with E-state index in [1.807, 2.05) is 18.2 Å². The molecule has 3 aromatic rings. The normalized spacial score (nSPS) is 12.2. The van der Waals surface area contributed by atoms with E-state index in [-0.39, 0.29) is 30.4 Å². The van der Waals surface area contributed by atoms with Crippen molar-refractivity contribution in [3.8, 4) is 0 Å². The Morgan fingerprint density at radius 3 is 2.38 bits per heavy atom. The Morgan fingerprint density at radius 2 is 1.69 bits per heavy atom. The van der Waals surface area contributed by atoms with Gasteiger partial charge in [-0.25, -0.2) is 4.39 Å². The molecule has 2 aromatic carbocycles. The SMILES string of the molecule is C[C@H](CC(=O)O)CC(=O)c1c(CCCCCCc2ccc(F)cc2)[nH]c2ccc(Cl)cc12. The third kappa shape index (κ3) is 6.67. The van der Waals surface area contributed by atoms with E-state index in [9.17, 15) is 14.0 Å². The van der Waals surface area contributed by atoms with Gasteiger partial charge in [0.05, 0.1) is 0 Å². The van der Waals surface area contributed by atoms with Crippen molar-refractivity contribution in [1.29, 1.82) is 0 Å². The predicted molar refractivity (Wildman–Crippen MR) is 126 cm³/mol. The first-order valence-corrected chi connectivity index (χ1v) is 11.5. The topological polar surface area (TPSA) is 70.2 Å². The highest BCUT2D eigenvalue weighted by atomic mass is 35.5. The third-order valence-electron chi connectivity index (χ3n) is 5.73. The van der Waals surface area contributed by atoms with Crippen molar-refractivity contribution in [2.45, 2.75) is 58.3 Å². The molecule has 3 rings (SSSR count). The minimum absolute atomic E-state index is 0.0295. The first-order chi connectivity index (χ1) is 15.3. The molecule has 170 valence electrons. The van der Waals surface area contributed by atoms with Gasteiger partial charge in [0.15, 0.2) is 5.78 Å². The summed E-state index contributed by atoms with van der Waals surface area (Å²) in [7, 11) is 0. The highest BCUT2D eigenvalue weighted by molar-refractivity contribution is 6.31. The van der Waals surface area contributed by atoms with Gasteiger partial charge in [0, 0.05) is 40.0 Å². The van der Waals surface area contributed by atoms with Crippen molar-refractivity contribution >= 4 is 34.3 Å². The van der Waals surface area contributed by atoms with Crippen molar-refractivity contribution in [3.63, 3.8) is 0 Å². The number of rotatable bonds is 12. The van der Waals surface area contributed by atoms with E-state index in [1.165, 1.54) is 12.1 Å². The van der Waals surface area contributed by atoms with Gasteiger partial charge in [-0.05, 0) is 67.5 Å². The number of carbonyl (C=O) groups excluding carboxylic acids is 1. The number of carboxylic acid groups (broad SMARTS) is 1. The maximum Gasteiger partial charge on any atom is 0.303 e. The molecule has 1 atom stereocenters. The first-order valence-electron chi connectivity index (χ1n) is 11.1. The number of ketones is 1. The van der Waals surface area contributed by atoms with E-state index in [2.05, 4.69) is 4.98 Å². The largest absolute Gasteiger partial charge is 0.481 e. The number of carbonyl (C=O) groups is 2. The van der Waals surface area contributed by atoms with Gasteiger partial charge >= 0.3 is 5.97 Å². The lowest BCUT2D eigenvalue weighted by Gasteiger charge is -2.09. The number of fused-ring (bicyclic) bond motifs is 1. The zero-order valence-corrected chi connectivity index (χ0v) is 19.1. The Labute approximate surface area is 192 Å². The van der Waals surface area contributed by atoms with E-state index in [4.69, 9.17) is 16.7 Å². The summed E-state index contributed by atoms with van der Waals surface area (Å²) in [5.74, 6) is -1.38. The maximum absolute atomic E-state index is 13.1. The van der Waals surface area contributed by atoms with Gasteiger partial charge in [0.25, 0.3) is 0 Å². The van der Waals surface area contributed by atoms with Crippen molar-refractivity contribution < 1.29 is 19.1 Å². The minimum Gasteiger partial charge on any atom is -0.481 e. The zero-order chi connectivity index (χ0) is 23.1. The molecule has 0 radical (unpaired) electrons. The minimum atomic E-state index is -0.895. The lowest BCUT2D eigenvalue weighted by atomic mass is 9.94. The van der Waals surface area contributed by atoms with Crippen LogP contribution in [0.1, 0.15) is 67.1 Å². The van der Waals surface area contributed by atoms with Crippen LogP contribution < -0.4 is 0 Å². The number of benzene rings is 2. The molecule has 0 saturated heterocycles. The molecule has 0 amide bonds. The average Bonchev–Trinajstić information content (AvgIpc) is 3.08. The van der Waals surface area contributed by atoms with Gasteiger partial charge in [-0.3, -0.25) is 9.59 Å². The monoisotopic (exact) mass is 457 g/mol. The fourth-order valence-electron chi connectivity index (χ4n) is 4.15. The Bertz CT molecular complexity index is 1070. The molecular weight excluding hydrogens is 429 g/mol. The fourth-order valence-corrected chi connectivity index (χ4v) is 4.32. The summed E-state index contributed by atoms with van der Waals surface area (Å²) in [6.45, 7) is 1.79. The molecule has 0 aliphatic carbocycles. The molecule has 0 saturated carbocycles. The first kappa shape index (κ1) is 24.0. The van der Waals surface area contributed by atoms with E-state index in [0.717, 1.165) is 60.7 Å². The summed E-state index contributed by atoms with van der Waals surface area (Å²) in [6.07, 6.45) is 5.90. The predicted octanol–water partition coefficient (Wildman–Crippen LogP) is 6.99. The average molecular weight is 458 g/mol. The van der Waals surface area contributed by atoms with Gasteiger partial charge in [-0.2, -0.15) is 0 Å². The summed E-state index contributed by atoms with van der Waals surface area (Å²) in [5, 5.41) is 10.4. The number of unbranched alkanes of at least 4 members (excludes halogenated alkanes) is 3. The number of aryl methyl sites for hydroxylation is 2. The van der Waals surface area contributed by atoms with Gasteiger partial charge in [-0.15, -0.1) is 0 Å². The molecule has 0 spiro atoms. The molecule has 4 nitrogen and oxygen atoms in total. The number of nitrogens with one attached hydrogen (secondary N) is 1. The summed E-state index contributed by atoms with van der Waals surface area (Å²) in [4.78, 5) is 27.4. The van der Waals surface area contributed by atoms with Gasteiger partial charge in [-0.1, -0.05) is 43.5 Å². The van der Waals surface area contributed by atoms with Crippen LogP contribution >= 0.6 is 11.6 Å². The molecule has 6 heteroatoms. The smallest absolute Gasteiger partial charge is 0.303 e. The Morgan fingerprint density at radius 1 is 1.00 bits per heavy atom. The number of hydrogen-bond acceptors (Lipinski definition) is 2. The molecule has 0 unspecified atom stereocenters. The summed E-state index contributed by atoms with van der Waals surface area (Å²) in [6, 6.07) is 12.1. The van der Waals surface area contributed by atoms with E-state index >= 15 is 0 Å². The quantitative estimate of drug-likeness (QED) is 0.227. The molecule has 1 aromatic heterocycles. The van der Waals surface area contributed by atoms with Crippen LogP contribution in [0.25, 0.3) is 10.9 Å². The van der Waals surface area contributed by atoms with Crippen molar-refractivity contribution in [1.82, 2.24) is 4.98 Å². The standard InChI is InChI=1S/C26H29ClFNO3/c1-17(15-25(31)32)14-24(30)26-21-16-19(27)10-13-22(21)29-23(26)7-5-3-2-4-6-18-8-11-20(28)12-9-18/h8-13,16-17,29H,2-7,14-15H2,1H3,(H,31,32)/t17-/m0/s1. The number of aromatic nitrogens is 1. The van der Waals surface area contributed by atoms with E-state index in [0.29, 0.717) is 10.6 Å². The molecule has 0 bridgehead atoms.